The molecule has 0 aromatic rings. The highest BCUT2D eigenvalue weighted by Crippen LogP contribution is 2.25. The highest BCUT2D eigenvalue weighted by Gasteiger charge is 2.35. The maximum atomic E-state index is 12.2. The zero-order valence-electron chi connectivity index (χ0n) is 9.74. The van der Waals surface area contributed by atoms with Gasteiger partial charge in [-0.05, 0) is 46.0 Å². The molecular formula is C12H21NO2. The van der Waals surface area contributed by atoms with E-state index in [1.165, 1.54) is 6.42 Å². The van der Waals surface area contributed by atoms with E-state index in [1.807, 2.05) is 0 Å². The Morgan fingerprint density at radius 2 is 1.80 bits per heavy atom. The molecule has 3 atom stereocenters. The summed E-state index contributed by atoms with van der Waals surface area (Å²) in [6.07, 6.45) is 5.33. The fourth-order valence-electron chi connectivity index (χ4n) is 2.79. The zero-order valence-corrected chi connectivity index (χ0v) is 9.74. The Hall–Kier alpha value is -0.570. The van der Waals surface area contributed by atoms with Gasteiger partial charge < -0.3 is 9.64 Å². The third-order valence-corrected chi connectivity index (χ3v) is 3.65. The van der Waals surface area contributed by atoms with Crippen molar-refractivity contribution in [3.63, 3.8) is 0 Å². The minimum Gasteiger partial charge on any atom is -0.368 e. The van der Waals surface area contributed by atoms with Crippen LogP contribution in [-0.2, 0) is 9.53 Å². The summed E-state index contributed by atoms with van der Waals surface area (Å²) in [4.78, 5) is 14.3. The summed E-state index contributed by atoms with van der Waals surface area (Å²) in [5.74, 6) is 0.229. The SMILES string of the molecule is C[C@@H]1CCC[C@@H](C)N1C(=O)[C@@H]1CCCO1. The zero-order chi connectivity index (χ0) is 10.8. The molecule has 2 heterocycles. The molecule has 1 amide bonds. The lowest BCUT2D eigenvalue weighted by molar-refractivity contribution is -0.147. The van der Waals surface area contributed by atoms with Crippen molar-refractivity contribution in [1.29, 1.82) is 0 Å². The van der Waals surface area contributed by atoms with Crippen LogP contribution >= 0.6 is 0 Å². The largest absolute Gasteiger partial charge is 0.368 e. The molecule has 2 aliphatic rings. The third-order valence-electron chi connectivity index (χ3n) is 3.65. The number of amides is 1. The highest BCUT2D eigenvalue weighted by molar-refractivity contribution is 5.81. The molecule has 2 fully saturated rings. The predicted octanol–water partition coefficient (Wildman–Crippen LogP) is 1.95. The van der Waals surface area contributed by atoms with Gasteiger partial charge in [0.05, 0.1) is 0 Å². The molecule has 0 bridgehead atoms. The summed E-state index contributed by atoms with van der Waals surface area (Å²) in [5, 5.41) is 0. The first-order chi connectivity index (χ1) is 7.20. The maximum absolute atomic E-state index is 12.2. The number of likely N-dealkylation sites (tertiary alicyclic amines) is 1. The van der Waals surface area contributed by atoms with E-state index in [0.717, 1.165) is 32.3 Å². The lowest BCUT2D eigenvalue weighted by Crippen LogP contribution is -2.51. The molecule has 2 saturated heterocycles. The van der Waals surface area contributed by atoms with Crippen LogP contribution in [-0.4, -0.2) is 35.6 Å². The van der Waals surface area contributed by atoms with Gasteiger partial charge in [-0.15, -0.1) is 0 Å². The van der Waals surface area contributed by atoms with Crippen molar-refractivity contribution in [3.05, 3.63) is 0 Å². The van der Waals surface area contributed by atoms with Gasteiger partial charge in [-0.2, -0.15) is 0 Å². The Bertz CT molecular complexity index is 226. The van der Waals surface area contributed by atoms with Gasteiger partial charge in [0.15, 0.2) is 0 Å². The molecule has 0 radical (unpaired) electrons. The molecule has 2 aliphatic heterocycles. The molecule has 15 heavy (non-hydrogen) atoms. The van der Waals surface area contributed by atoms with Crippen LogP contribution in [0, 0.1) is 0 Å². The topological polar surface area (TPSA) is 29.5 Å². The molecule has 0 N–H and O–H groups in total. The Morgan fingerprint density at radius 1 is 1.13 bits per heavy atom. The monoisotopic (exact) mass is 211 g/mol. The summed E-state index contributed by atoms with van der Waals surface area (Å²) in [6, 6.07) is 0.788. The van der Waals surface area contributed by atoms with E-state index in [9.17, 15) is 4.79 Å². The smallest absolute Gasteiger partial charge is 0.252 e. The first-order valence-electron chi connectivity index (χ1n) is 6.14. The van der Waals surface area contributed by atoms with Gasteiger partial charge in [0, 0.05) is 18.7 Å². The summed E-state index contributed by atoms with van der Waals surface area (Å²) >= 11 is 0. The Labute approximate surface area is 91.8 Å². The molecule has 0 saturated carbocycles. The van der Waals surface area contributed by atoms with Crippen molar-refractivity contribution >= 4 is 5.91 Å². The third kappa shape index (κ3) is 2.17. The predicted molar refractivity (Wildman–Crippen MR) is 58.6 cm³/mol. The van der Waals surface area contributed by atoms with Crippen LogP contribution in [0.4, 0.5) is 0 Å². The first-order valence-corrected chi connectivity index (χ1v) is 6.14. The highest BCUT2D eigenvalue weighted by atomic mass is 16.5. The number of ether oxygens (including phenoxy) is 1. The van der Waals surface area contributed by atoms with Crippen molar-refractivity contribution in [1.82, 2.24) is 4.90 Å². The molecule has 0 spiro atoms. The molecule has 3 heteroatoms. The van der Waals surface area contributed by atoms with E-state index in [-0.39, 0.29) is 12.0 Å². The quantitative estimate of drug-likeness (QED) is 0.663. The standard InChI is InChI=1S/C12H21NO2/c1-9-5-3-6-10(2)13(9)12(14)11-7-4-8-15-11/h9-11H,3-8H2,1-2H3/t9-,10-,11+/m1/s1. The van der Waals surface area contributed by atoms with Crippen molar-refractivity contribution in [3.8, 4) is 0 Å². The molecule has 2 rings (SSSR count). The minimum atomic E-state index is -0.145. The average molecular weight is 211 g/mol. The van der Waals surface area contributed by atoms with Gasteiger partial charge in [-0.1, -0.05) is 0 Å². The number of piperidine rings is 1. The lowest BCUT2D eigenvalue weighted by atomic mass is 9.96. The molecule has 0 aromatic carbocycles. The van der Waals surface area contributed by atoms with Crippen LogP contribution in [0.3, 0.4) is 0 Å². The molecule has 86 valence electrons. The van der Waals surface area contributed by atoms with Crippen LogP contribution in [0.25, 0.3) is 0 Å². The van der Waals surface area contributed by atoms with E-state index in [4.69, 9.17) is 4.74 Å². The molecular weight excluding hydrogens is 190 g/mol. The van der Waals surface area contributed by atoms with Gasteiger partial charge in [-0.25, -0.2) is 0 Å². The summed E-state index contributed by atoms with van der Waals surface area (Å²) in [6.45, 7) is 5.07. The fourth-order valence-corrected chi connectivity index (χ4v) is 2.79. The number of carbonyl (C=O) groups excluding carboxylic acids is 1. The van der Waals surface area contributed by atoms with Crippen molar-refractivity contribution in [2.24, 2.45) is 0 Å². The summed E-state index contributed by atoms with van der Waals surface area (Å²) in [7, 11) is 0. The van der Waals surface area contributed by atoms with Crippen LogP contribution < -0.4 is 0 Å². The second-order valence-corrected chi connectivity index (χ2v) is 4.88. The number of hydrogen-bond donors (Lipinski definition) is 0. The normalized spacial score (nSPS) is 36.9. The second kappa shape index (κ2) is 4.52. The van der Waals surface area contributed by atoms with E-state index < -0.39 is 0 Å². The minimum absolute atomic E-state index is 0.145. The molecule has 0 aromatic heterocycles. The van der Waals surface area contributed by atoms with E-state index in [0.29, 0.717) is 12.1 Å². The van der Waals surface area contributed by atoms with E-state index >= 15 is 0 Å². The summed E-state index contributed by atoms with van der Waals surface area (Å²) in [5.41, 5.74) is 0. The number of nitrogens with zero attached hydrogens (tertiary/aromatic N) is 1. The lowest BCUT2D eigenvalue weighted by Gasteiger charge is -2.40. The summed E-state index contributed by atoms with van der Waals surface area (Å²) < 4.78 is 5.47. The molecule has 0 unspecified atom stereocenters. The van der Waals surface area contributed by atoms with E-state index in [1.54, 1.807) is 0 Å². The van der Waals surface area contributed by atoms with Crippen LogP contribution in [0.15, 0.2) is 0 Å². The number of rotatable bonds is 1. The fraction of sp³-hybridized carbons (Fsp3) is 0.917. The van der Waals surface area contributed by atoms with Crippen LogP contribution in [0.1, 0.15) is 46.0 Å². The molecule has 0 aliphatic carbocycles. The number of hydrogen-bond acceptors (Lipinski definition) is 2. The maximum Gasteiger partial charge on any atom is 0.252 e. The Morgan fingerprint density at radius 3 is 2.33 bits per heavy atom. The van der Waals surface area contributed by atoms with Gasteiger partial charge >= 0.3 is 0 Å². The number of carbonyl (C=O) groups is 1. The van der Waals surface area contributed by atoms with Crippen molar-refractivity contribution in [2.75, 3.05) is 6.61 Å². The first kappa shape index (κ1) is 10.9. The van der Waals surface area contributed by atoms with Gasteiger partial charge in [0.2, 0.25) is 0 Å². The van der Waals surface area contributed by atoms with Crippen molar-refractivity contribution in [2.45, 2.75) is 64.1 Å². The van der Waals surface area contributed by atoms with Gasteiger partial charge in [-0.3, -0.25) is 4.79 Å². The second-order valence-electron chi connectivity index (χ2n) is 4.88. The Balaban J connectivity index is 2.02. The van der Waals surface area contributed by atoms with Crippen LogP contribution in [0.5, 0.6) is 0 Å². The van der Waals surface area contributed by atoms with Gasteiger partial charge in [0.25, 0.3) is 5.91 Å². The average Bonchev–Trinajstić information content (AvgIpc) is 2.69. The van der Waals surface area contributed by atoms with Gasteiger partial charge in [0.1, 0.15) is 6.10 Å². The Kier molecular flexibility index (Phi) is 3.29. The molecule has 3 nitrogen and oxygen atoms in total. The van der Waals surface area contributed by atoms with Crippen molar-refractivity contribution < 1.29 is 9.53 Å². The van der Waals surface area contributed by atoms with E-state index in [2.05, 4.69) is 18.7 Å². The van der Waals surface area contributed by atoms with Crippen LogP contribution in [0.2, 0.25) is 0 Å².